The fourth-order valence-corrected chi connectivity index (χ4v) is 2.82. The molecule has 0 unspecified atom stereocenters. The van der Waals surface area contributed by atoms with Crippen molar-refractivity contribution >= 4 is 11.9 Å². The number of amides is 1. The Kier molecular flexibility index (Phi) is 6.55. The van der Waals surface area contributed by atoms with E-state index in [9.17, 15) is 9.59 Å². The van der Waals surface area contributed by atoms with E-state index < -0.39 is 5.97 Å². The normalized spacial score (nSPS) is 10.6. The molecular formula is C20H23NO3. The standard InChI is InChI=1S/C20H23NO3/c1-2-18(22)21(15-9-14-19(23)24)20(16-10-5-3-6-11-16)17-12-7-4-8-13-17/h3-8,10-13,20H,2,9,14-15H2,1H3,(H,23,24). The molecule has 4 nitrogen and oxygen atoms in total. The van der Waals surface area contributed by atoms with Crippen LogP contribution in [0.4, 0.5) is 0 Å². The third-order valence-corrected chi connectivity index (χ3v) is 3.95. The van der Waals surface area contributed by atoms with Crippen LogP contribution in [0.1, 0.15) is 43.4 Å². The maximum atomic E-state index is 12.6. The minimum absolute atomic E-state index is 0.0260. The first-order valence-electron chi connectivity index (χ1n) is 8.24. The van der Waals surface area contributed by atoms with E-state index in [1.54, 1.807) is 4.90 Å². The van der Waals surface area contributed by atoms with Crippen LogP contribution in [0.25, 0.3) is 0 Å². The molecule has 1 amide bonds. The fourth-order valence-electron chi connectivity index (χ4n) is 2.82. The van der Waals surface area contributed by atoms with Gasteiger partial charge >= 0.3 is 5.97 Å². The zero-order valence-electron chi connectivity index (χ0n) is 13.9. The number of carbonyl (C=O) groups excluding carboxylic acids is 1. The first-order valence-corrected chi connectivity index (χ1v) is 8.24. The summed E-state index contributed by atoms with van der Waals surface area (Å²) in [7, 11) is 0. The van der Waals surface area contributed by atoms with Crippen molar-refractivity contribution in [3.05, 3.63) is 71.8 Å². The quantitative estimate of drug-likeness (QED) is 0.801. The lowest BCUT2D eigenvalue weighted by atomic mass is 9.96. The van der Waals surface area contributed by atoms with Gasteiger partial charge in [-0.25, -0.2) is 0 Å². The number of carboxylic acid groups (broad SMARTS) is 1. The number of benzene rings is 2. The molecule has 0 fully saturated rings. The highest BCUT2D eigenvalue weighted by molar-refractivity contribution is 5.77. The second kappa shape index (κ2) is 8.87. The van der Waals surface area contributed by atoms with E-state index in [2.05, 4.69) is 0 Å². The van der Waals surface area contributed by atoms with Gasteiger partial charge in [0.25, 0.3) is 0 Å². The summed E-state index contributed by atoms with van der Waals surface area (Å²) < 4.78 is 0. The van der Waals surface area contributed by atoms with Crippen molar-refractivity contribution in [2.75, 3.05) is 6.54 Å². The van der Waals surface area contributed by atoms with Gasteiger partial charge in [-0.05, 0) is 17.5 Å². The SMILES string of the molecule is CCC(=O)N(CCCC(=O)O)C(c1ccccc1)c1ccccc1. The first-order chi connectivity index (χ1) is 11.6. The highest BCUT2D eigenvalue weighted by Gasteiger charge is 2.25. The largest absolute Gasteiger partial charge is 0.481 e. The van der Waals surface area contributed by atoms with E-state index >= 15 is 0 Å². The number of nitrogens with zero attached hydrogens (tertiary/aromatic N) is 1. The zero-order chi connectivity index (χ0) is 17.4. The predicted octanol–water partition coefficient (Wildman–Crippen LogP) is 3.88. The van der Waals surface area contributed by atoms with E-state index in [4.69, 9.17) is 5.11 Å². The number of hydrogen-bond donors (Lipinski definition) is 1. The molecule has 2 rings (SSSR count). The lowest BCUT2D eigenvalue weighted by Crippen LogP contribution is -2.36. The minimum atomic E-state index is -0.838. The third kappa shape index (κ3) is 4.69. The van der Waals surface area contributed by atoms with Crippen LogP contribution in [0, 0.1) is 0 Å². The average Bonchev–Trinajstić information content (AvgIpc) is 2.61. The lowest BCUT2D eigenvalue weighted by molar-refractivity contribution is -0.138. The molecule has 0 aliphatic heterocycles. The van der Waals surface area contributed by atoms with Crippen LogP contribution in [0.3, 0.4) is 0 Å². The molecule has 0 spiro atoms. The summed E-state index contributed by atoms with van der Waals surface area (Å²) in [4.78, 5) is 25.2. The van der Waals surface area contributed by atoms with Gasteiger partial charge in [0.1, 0.15) is 0 Å². The minimum Gasteiger partial charge on any atom is -0.481 e. The molecule has 1 N–H and O–H groups in total. The van der Waals surface area contributed by atoms with Gasteiger partial charge in [-0.2, -0.15) is 0 Å². The van der Waals surface area contributed by atoms with Gasteiger partial charge in [0.2, 0.25) is 5.91 Å². The third-order valence-electron chi connectivity index (χ3n) is 3.95. The number of aliphatic carboxylic acids is 1. The van der Waals surface area contributed by atoms with Gasteiger partial charge in [0, 0.05) is 19.4 Å². The monoisotopic (exact) mass is 325 g/mol. The Bertz CT molecular complexity index is 616. The molecule has 0 bridgehead atoms. The van der Waals surface area contributed by atoms with Crippen molar-refractivity contribution in [2.45, 2.75) is 32.2 Å². The van der Waals surface area contributed by atoms with E-state index in [0.29, 0.717) is 19.4 Å². The van der Waals surface area contributed by atoms with Crippen LogP contribution in [-0.2, 0) is 9.59 Å². The molecule has 0 heterocycles. The number of carbonyl (C=O) groups is 2. The Morgan fingerprint density at radius 1 is 0.958 bits per heavy atom. The van der Waals surface area contributed by atoms with Crippen LogP contribution < -0.4 is 0 Å². The summed E-state index contributed by atoms with van der Waals surface area (Å²) >= 11 is 0. The molecule has 0 aromatic heterocycles. The summed E-state index contributed by atoms with van der Waals surface area (Å²) in [6, 6.07) is 19.5. The van der Waals surface area contributed by atoms with Crippen molar-refractivity contribution < 1.29 is 14.7 Å². The van der Waals surface area contributed by atoms with Gasteiger partial charge in [0.15, 0.2) is 0 Å². The molecule has 0 radical (unpaired) electrons. The van der Waals surface area contributed by atoms with E-state index in [1.807, 2.05) is 67.6 Å². The highest BCUT2D eigenvalue weighted by Crippen LogP contribution is 2.29. The van der Waals surface area contributed by atoms with Gasteiger partial charge in [-0.3, -0.25) is 9.59 Å². The summed E-state index contributed by atoms with van der Waals surface area (Å²) in [5.41, 5.74) is 2.06. The molecule has 2 aromatic rings. The van der Waals surface area contributed by atoms with E-state index in [-0.39, 0.29) is 18.4 Å². The van der Waals surface area contributed by atoms with Gasteiger partial charge in [0.05, 0.1) is 6.04 Å². The van der Waals surface area contributed by atoms with Crippen molar-refractivity contribution in [3.63, 3.8) is 0 Å². The van der Waals surface area contributed by atoms with Gasteiger partial charge < -0.3 is 10.0 Å². The van der Waals surface area contributed by atoms with Gasteiger partial charge in [-0.15, -0.1) is 0 Å². The fraction of sp³-hybridized carbons (Fsp3) is 0.300. The van der Waals surface area contributed by atoms with Crippen molar-refractivity contribution in [2.24, 2.45) is 0 Å². The Labute approximate surface area is 142 Å². The molecule has 4 heteroatoms. The van der Waals surface area contributed by atoms with Crippen molar-refractivity contribution in [1.29, 1.82) is 0 Å². The smallest absolute Gasteiger partial charge is 0.303 e. The van der Waals surface area contributed by atoms with Crippen molar-refractivity contribution in [3.8, 4) is 0 Å². The van der Waals surface area contributed by atoms with E-state index in [0.717, 1.165) is 11.1 Å². The molecule has 0 saturated heterocycles. The topological polar surface area (TPSA) is 57.6 Å². The molecule has 24 heavy (non-hydrogen) atoms. The van der Waals surface area contributed by atoms with Gasteiger partial charge in [-0.1, -0.05) is 67.6 Å². The highest BCUT2D eigenvalue weighted by atomic mass is 16.4. The summed E-state index contributed by atoms with van der Waals surface area (Å²) in [6.07, 6.45) is 0.893. The van der Waals surface area contributed by atoms with Crippen LogP contribution in [0.2, 0.25) is 0 Å². The molecule has 2 aromatic carbocycles. The molecular weight excluding hydrogens is 302 g/mol. The summed E-state index contributed by atoms with van der Waals surface area (Å²) in [5.74, 6) is -0.812. The maximum Gasteiger partial charge on any atom is 0.303 e. The van der Waals surface area contributed by atoms with Crippen LogP contribution in [0.15, 0.2) is 60.7 Å². The molecule has 126 valence electrons. The Morgan fingerprint density at radius 2 is 1.46 bits per heavy atom. The predicted molar refractivity (Wildman–Crippen MR) is 93.6 cm³/mol. The molecule has 0 aliphatic rings. The Balaban J connectivity index is 2.37. The molecule has 0 saturated carbocycles. The summed E-state index contributed by atoms with van der Waals surface area (Å²) in [6.45, 7) is 2.26. The van der Waals surface area contributed by atoms with Crippen LogP contribution in [0.5, 0.6) is 0 Å². The molecule has 0 aliphatic carbocycles. The number of carboxylic acids is 1. The van der Waals surface area contributed by atoms with Crippen LogP contribution in [-0.4, -0.2) is 28.4 Å². The lowest BCUT2D eigenvalue weighted by Gasteiger charge is -2.32. The maximum absolute atomic E-state index is 12.6. The number of hydrogen-bond acceptors (Lipinski definition) is 2. The van der Waals surface area contributed by atoms with Crippen LogP contribution >= 0.6 is 0 Å². The zero-order valence-corrected chi connectivity index (χ0v) is 13.9. The Morgan fingerprint density at radius 3 is 1.88 bits per heavy atom. The second-order valence-electron chi connectivity index (χ2n) is 5.66. The first kappa shape index (κ1) is 17.7. The van der Waals surface area contributed by atoms with E-state index in [1.165, 1.54) is 0 Å². The molecule has 0 atom stereocenters. The Hall–Kier alpha value is -2.62. The summed E-state index contributed by atoms with van der Waals surface area (Å²) in [5, 5.41) is 8.89. The van der Waals surface area contributed by atoms with Crippen molar-refractivity contribution in [1.82, 2.24) is 4.90 Å². The second-order valence-corrected chi connectivity index (χ2v) is 5.66. The average molecular weight is 325 g/mol. The number of rotatable bonds is 8.